The summed E-state index contributed by atoms with van der Waals surface area (Å²) in [5, 5.41) is 14.4. The van der Waals surface area contributed by atoms with Crippen molar-refractivity contribution in [1.29, 1.82) is 0 Å². The van der Waals surface area contributed by atoms with Gasteiger partial charge in [-0.25, -0.2) is 13.8 Å². The molecular formula is C16H15F2N7. The molecule has 9 heteroatoms. The van der Waals surface area contributed by atoms with E-state index in [0.717, 1.165) is 26.9 Å². The van der Waals surface area contributed by atoms with Gasteiger partial charge in [-0.15, -0.1) is 15.3 Å². The second-order valence-corrected chi connectivity index (χ2v) is 5.73. The number of halogens is 2. The Morgan fingerprint density at radius 3 is 2.76 bits per heavy atom. The normalized spacial score (nSPS) is 11.7. The number of benzene rings is 1. The highest BCUT2D eigenvalue weighted by atomic mass is 19.3. The molecule has 4 aromatic rings. The van der Waals surface area contributed by atoms with Crippen LogP contribution in [0.3, 0.4) is 0 Å². The van der Waals surface area contributed by atoms with E-state index in [4.69, 9.17) is 0 Å². The standard InChI is InChI=1S/C16H15F2N7/c1-9-4-3-5-10-14(9)24(2)13(20-10)8-19-11-6-7-12-21-22-16(15(17)18)25(12)23-11/h3-7,15H,8H2,1-2H3,(H,19,23). The Labute approximate surface area is 141 Å². The van der Waals surface area contributed by atoms with E-state index in [9.17, 15) is 8.78 Å². The Morgan fingerprint density at radius 2 is 2.00 bits per heavy atom. The third-order valence-corrected chi connectivity index (χ3v) is 4.10. The summed E-state index contributed by atoms with van der Waals surface area (Å²) in [5.74, 6) is 0.791. The molecule has 0 radical (unpaired) electrons. The average molecular weight is 343 g/mol. The number of aryl methyl sites for hydroxylation is 2. The van der Waals surface area contributed by atoms with Crippen LogP contribution in [-0.2, 0) is 13.6 Å². The number of nitrogens with zero attached hydrogens (tertiary/aromatic N) is 6. The van der Waals surface area contributed by atoms with Crippen molar-refractivity contribution in [3.8, 4) is 0 Å². The molecule has 0 aliphatic carbocycles. The smallest absolute Gasteiger partial charge is 0.299 e. The van der Waals surface area contributed by atoms with Gasteiger partial charge in [0.1, 0.15) is 11.6 Å². The average Bonchev–Trinajstić information content (AvgIpc) is 3.14. The predicted octanol–water partition coefficient (Wildman–Crippen LogP) is 2.87. The number of aromatic nitrogens is 6. The van der Waals surface area contributed by atoms with Gasteiger partial charge in [0.2, 0.25) is 5.82 Å². The molecule has 3 aromatic heterocycles. The van der Waals surface area contributed by atoms with E-state index in [1.165, 1.54) is 0 Å². The van der Waals surface area contributed by atoms with Crippen molar-refractivity contribution in [1.82, 2.24) is 29.4 Å². The van der Waals surface area contributed by atoms with E-state index < -0.39 is 12.2 Å². The van der Waals surface area contributed by atoms with Crippen molar-refractivity contribution in [2.45, 2.75) is 19.9 Å². The second kappa shape index (κ2) is 5.76. The largest absolute Gasteiger partial charge is 0.361 e. The Bertz CT molecular complexity index is 1070. The molecular weight excluding hydrogens is 328 g/mol. The van der Waals surface area contributed by atoms with Crippen LogP contribution in [0.5, 0.6) is 0 Å². The highest BCUT2D eigenvalue weighted by Gasteiger charge is 2.17. The van der Waals surface area contributed by atoms with E-state index >= 15 is 0 Å². The zero-order valence-electron chi connectivity index (χ0n) is 13.6. The number of hydrogen-bond acceptors (Lipinski definition) is 5. The van der Waals surface area contributed by atoms with Crippen LogP contribution >= 0.6 is 0 Å². The van der Waals surface area contributed by atoms with Crippen LogP contribution in [0.15, 0.2) is 30.3 Å². The first-order valence-electron chi connectivity index (χ1n) is 7.70. The maximum Gasteiger partial charge on any atom is 0.299 e. The quantitative estimate of drug-likeness (QED) is 0.617. The van der Waals surface area contributed by atoms with Gasteiger partial charge in [-0.3, -0.25) is 0 Å². The third kappa shape index (κ3) is 2.57. The highest BCUT2D eigenvalue weighted by molar-refractivity contribution is 5.79. The van der Waals surface area contributed by atoms with E-state index in [2.05, 4.69) is 25.6 Å². The Morgan fingerprint density at radius 1 is 1.16 bits per heavy atom. The first kappa shape index (κ1) is 15.4. The highest BCUT2D eigenvalue weighted by Crippen LogP contribution is 2.20. The molecule has 25 heavy (non-hydrogen) atoms. The zero-order chi connectivity index (χ0) is 17.6. The van der Waals surface area contributed by atoms with Crippen LogP contribution in [0.25, 0.3) is 16.7 Å². The molecule has 0 saturated heterocycles. The topological polar surface area (TPSA) is 72.9 Å². The monoisotopic (exact) mass is 343 g/mol. The molecule has 7 nitrogen and oxygen atoms in total. The van der Waals surface area contributed by atoms with Gasteiger partial charge in [0.05, 0.1) is 17.6 Å². The van der Waals surface area contributed by atoms with Gasteiger partial charge in [0.15, 0.2) is 5.65 Å². The number of hydrogen-bond donors (Lipinski definition) is 1. The maximum atomic E-state index is 12.9. The van der Waals surface area contributed by atoms with Crippen LogP contribution in [0.1, 0.15) is 23.6 Å². The fourth-order valence-electron chi connectivity index (χ4n) is 2.88. The van der Waals surface area contributed by atoms with Crippen LogP contribution in [0.2, 0.25) is 0 Å². The van der Waals surface area contributed by atoms with Gasteiger partial charge < -0.3 is 9.88 Å². The van der Waals surface area contributed by atoms with Gasteiger partial charge in [-0.1, -0.05) is 12.1 Å². The maximum absolute atomic E-state index is 12.9. The van der Waals surface area contributed by atoms with Gasteiger partial charge in [-0.2, -0.15) is 4.52 Å². The summed E-state index contributed by atoms with van der Waals surface area (Å²) in [6.07, 6.45) is -2.74. The molecule has 0 saturated carbocycles. The van der Waals surface area contributed by atoms with Crippen molar-refractivity contribution < 1.29 is 8.78 Å². The summed E-state index contributed by atoms with van der Waals surface area (Å²) >= 11 is 0. The van der Waals surface area contributed by atoms with E-state index in [1.54, 1.807) is 12.1 Å². The summed E-state index contributed by atoms with van der Waals surface area (Å²) in [5.41, 5.74) is 3.41. The molecule has 4 rings (SSSR count). The van der Waals surface area contributed by atoms with Gasteiger partial charge in [-0.05, 0) is 30.7 Å². The van der Waals surface area contributed by atoms with Crippen molar-refractivity contribution >= 4 is 22.5 Å². The van der Waals surface area contributed by atoms with E-state index in [-0.39, 0.29) is 5.65 Å². The van der Waals surface area contributed by atoms with Crippen molar-refractivity contribution in [3.63, 3.8) is 0 Å². The van der Waals surface area contributed by atoms with Gasteiger partial charge >= 0.3 is 0 Å². The van der Waals surface area contributed by atoms with Crippen molar-refractivity contribution in [2.24, 2.45) is 7.05 Å². The lowest BCUT2D eigenvalue weighted by atomic mass is 10.2. The number of anilines is 1. The van der Waals surface area contributed by atoms with Gasteiger partial charge in [0, 0.05) is 7.05 Å². The SMILES string of the molecule is Cc1cccc2nc(CNc3ccc4nnc(C(F)F)n4n3)n(C)c12. The fraction of sp³-hybridized carbons (Fsp3) is 0.250. The number of rotatable bonds is 4. The number of alkyl halides is 2. The third-order valence-electron chi connectivity index (χ3n) is 4.10. The Balaban J connectivity index is 1.63. The summed E-state index contributed by atoms with van der Waals surface area (Å²) in [4.78, 5) is 4.61. The summed E-state index contributed by atoms with van der Waals surface area (Å²) in [6.45, 7) is 2.45. The Hall–Kier alpha value is -3.10. The van der Waals surface area contributed by atoms with E-state index in [0.29, 0.717) is 12.4 Å². The van der Waals surface area contributed by atoms with Gasteiger partial charge in [0.25, 0.3) is 6.43 Å². The molecule has 128 valence electrons. The lowest BCUT2D eigenvalue weighted by Gasteiger charge is -2.07. The molecule has 0 aliphatic rings. The number of fused-ring (bicyclic) bond motifs is 2. The zero-order valence-corrected chi connectivity index (χ0v) is 13.6. The fourth-order valence-corrected chi connectivity index (χ4v) is 2.88. The first-order valence-corrected chi connectivity index (χ1v) is 7.70. The lowest BCUT2D eigenvalue weighted by molar-refractivity contribution is 0.137. The van der Waals surface area contributed by atoms with Crippen molar-refractivity contribution in [3.05, 3.63) is 47.5 Å². The lowest BCUT2D eigenvalue weighted by Crippen LogP contribution is -2.09. The minimum absolute atomic E-state index is 0.277. The minimum Gasteiger partial charge on any atom is -0.361 e. The molecule has 0 bridgehead atoms. The number of nitrogens with one attached hydrogen (secondary N) is 1. The number of para-hydroxylation sites is 1. The predicted molar refractivity (Wildman–Crippen MR) is 88.5 cm³/mol. The molecule has 0 spiro atoms. The summed E-state index contributed by atoms with van der Waals surface area (Å²) in [7, 11) is 1.95. The van der Waals surface area contributed by atoms with E-state index in [1.807, 2.05) is 36.7 Å². The molecule has 1 N–H and O–H groups in total. The molecule has 0 fully saturated rings. The van der Waals surface area contributed by atoms with Crippen molar-refractivity contribution in [2.75, 3.05) is 5.32 Å². The molecule has 3 heterocycles. The summed E-state index contributed by atoms with van der Waals surface area (Å²) in [6, 6.07) is 9.23. The van der Waals surface area contributed by atoms with Crippen LogP contribution in [0.4, 0.5) is 14.6 Å². The van der Waals surface area contributed by atoms with Crippen LogP contribution in [0, 0.1) is 6.92 Å². The van der Waals surface area contributed by atoms with Crippen LogP contribution < -0.4 is 5.32 Å². The molecule has 0 aliphatic heterocycles. The summed E-state index contributed by atoms with van der Waals surface area (Å²) < 4.78 is 28.9. The van der Waals surface area contributed by atoms with Crippen LogP contribution in [-0.4, -0.2) is 29.4 Å². The number of imidazole rings is 1. The molecule has 0 unspecified atom stereocenters. The first-order chi connectivity index (χ1) is 12.0. The molecule has 0 amide bonds. The Kier molecular flexibility index (Phi) is 3.56. The minimum atomic E-state index is -2.74. The second-order valence-electron chi connectivity index (χ2n) is 5.73. The molecule has 1 aromatic carbocycles. The molecule has 0 atom stereocenters.